The standard InChI is InChI=1S/C12H21N3O2/c13-11(12(17)14-6-10-16)5-4-9-15-7-2-1-3-8-15/h4-5,9,16H,1-3,6-8,10,13H2,(H,14,17)/b9-4+,11-5-. The topological polar surface area (TPSA) is 78.6 Å². The molecule has 1 saturated heterocycles. The first kappa shape index (κ1) is 13.6. The van der Waals surface area contributed by atoms with Crippen molar-refractivity contribution in [2.24, 2.45) is 5.73 Å². The van der Waals surface area contributed by atoms with E-state index in [1.54, 1.807) is 12.2 Å². The number of hydrogen-bond acceptors (Lipinski definition) is 4. The molecule has 0 radical (unpaired) electrons. The Balaban J connectivity index is 2.34. The predicted molar refractivity (Wildman–Crippen MR) is 66.9 cm³/mol. The van der Waals surface area contributed by atoms with Crippen LogP contribution in [0.4, 0.5) is 0 Å². The molecule has 96 valence electrons. The summed E-state index contributed by atoms with van der Waals surface area (Å²) in [4.78, 5) is 13.5. The Morgan fingerprint density at radius 2 is 2.06 bits per heavy atom. The van der Waals surface area contributed by atoms with Crippen molar-refractivity contribution in [3.8, 4) is 0 Å². The van der Waals surface area contributed by atoms with E-state index in [4.69, 9.17) is 10.8 Å². The van der Waals surface area contributed by atoms with Crippen molar-refractivity contribution in [3.05, 3.63) is 24.0 Å². The molecule has 1 aliphatic heterocycles. The first-order valence-electron chi connectivity index (χ1n) is 6.01. The van der Waals surface area contributed by atoms with E-state index in [2.05, 4.69) is 10.2 Å². The van der Waals surface area contributed by atoms with E-state index in [0.29, 0.717) is 0 Å². The fourth-order valence-electron chi connectivity index (χ4n) is 1.68. The lowest BCUT2D eigenvalue weighted by Crippen LogP contribution is -2.30. The van der Waals surface area contributed by atoms with Crippen molar-refractivity contribution in [3.63, 3.8) is 0 Å². The van der Waals surface area contributed by atoms with Crippen LogP contribution in [0.1, 0.15) is 19.3 Å². The van der Waals surface area contributed by atoms with Crippen molar-refractivity contribution in [2.45, 2.75) is 19.3 Å². The van der Waals surface area contributed by atoms with Gasteiger partial charge < -0.3 is 21.1 Å². The maximum atomic E-state index is 11.3. The fourth-order valence-corrected chi connectivity index (χ4v) is 1.68. The van der Waals surface area contributed by atoms with Gasteiger partial charge in [-0.2, -0.15) is 0 Å². The predicted octanol–water partition coefficient (Wildman–Crippen LogP) is -0.0629. The van der Waals surface area contributed by atoms with E-state index >= 15 is 0 Å². The zero-order chi connectivity index (χ0) is 12.5. The van der Waals surface area contributed by atoms with Gasteiger partial charge in [0.2, 0.25) is 0 Å². The van der Waals surface area contributed by atoms with Gasteiger partial charge in [0.1, 0.15) is 0 Å². The zero-order valence-corrected chi connectivity index (χ0v) is 10.1. The number of aliphatic hydroxyl groups excluding tert-OH is 1. The molecule has 1 heterocycles. The number of hydrogen-bond donors (Lipinski definition) is 3. The van der Waals surface area contributed by atoms with Gasteiger partial charge in [-0.1, -0.05) is 0 Å². The van der Waals surface area contributed by atoms with Gasteiger partial charge in [0.25, 0.3) is 5.91 Å². The normalized spacial score (nSPS) is 17.5. The summed E-state index contributed by atoms with van der Waals surface area (Å²) in [6.07, 6.45) is 9.08. The lowest BCUT2D eigenvalue weighted by atomic mass is 10.1. The SMILES string of the molecule is N/C(=C\C=C\N1CCCCC1)C(=O)NCCO. The molecule has 0 unspecified atom stereocenters. The van der Waals surface area contributed by atoms with Crippen molar-refractivity contribution in [1.82, 2.24) is 10.2 Å². The second-order valence-electron chi connectivity index (χ2n) is 4.04. The number of carbonyl (C=O) groups is 1. The number of nitrogens with two attached hydrogens (primary N) is 1. The van der Waals surface area contributed by atoms with Crippen LogP contribution in [0.15, 0.2) is 24.0 Å². The number of rotatable bonds is 5. The molecule has 4 N–H and O–H groups in total. The van der Waals surface area contributed by atoms with E-state index < -0.39 is 0 Å². The monoisotopic (exact) mass is 239 g/mol. The zero-order valence-electron chi connectivity index (χ0n) is 10.1. The highest BCUT2D eigenvalue weighted by Crippen LogP contribution is 2.08. The minimum Gasteiger partial charge on any atom is -0.395 e. The summed E-state index contributed by atoms with van der Waals surface area (Å²) in [5, 5.41) is 11.0. The van der Waals surface area contributed by atoms with Crippen molar-refractivity contribution >= 4 is 5.91 Å². The van der Waals surface area contributed by atoms with Gasteiger partial charge in [-0.15, -0.1) is 0 Å². The fraction of sp³-hybridized carbons (Fsp3) is 0.583. The summed E-state index contributed by atoms with van der Waals surface area (Å²) in [6.45, 7) is 2.29. The lowest BCUT2D eigenvalue weighted by molar-refractivity contribution is -0.117. The molecule has 17 heavy (non-hydrogen) atoms. The van der Waals surface area contributed by atoms with E-state index in [9.17, 15) is 4.79 Å². The van der Waals surface area contributed by atoms with Crippen LogP contribution in [0.25, 0.3) is 0 Å². The van der Waals surface area contributed by atoms with E-state index in [0.717, 1.165) is 13.1 Å². The van der Waals surface area contributed by atoms with Crippen LogP contribution in [0.3, 0.4) is 0 Å². The molecule has 1 rings (SSSR count). The average Bonchev–Trinajstić information content (AvgIpc) is 2.37. The molecule has 0 spiro atoms. The van der Waals surface area contributed by atoms with Crippen molar-refractivity contribution < 1.29 is 9.90 Å². The Hall–Kier alpha value is -1.49. The van der Waals surface area contributed by atoms with Crippen molar-refractivity contribution in [1.29, 1.82) is 0 Å². The van der Waals surface area contributed by atoms with Crippen LogP contribution >= 0.6 is 0 Å². The largest absolute Gasteiger partial charge is 0.395 e. The molecule has 1 fully saturated rings. The third-order valence-corrected chi connectivity index (χ3v) is 2.62. The number of allylic oxidation sites excluding steroid dienone is 2. The first-order chi connectivity index (χ1) is 8.24. The lowest BCUT2D eigenvalue weighted by Gasteiger charge is -2.24. The highest BCUT2D eigenvalue weighted by Gasteiger charge is 2.05. The Bertz CT molecular complexity index is 294. The number of aliphatic hydroxyl groups is 1. The molecular weight excluding hydrogens is 218 g/mol. The highest BCUT2D eigenvalue weighted by atomic mass is 16.3. The summed E-state index contributed by atoms with van der Waals surface area (Å²) >= 11 is 0. The smallest absolute Gasteiger partial charge is 0.267 e. The molecular formula is C12H21N3O2. The Morgan fingerprint density at radius 3 is 2.71 bits per heavy atom. The molecule has 0 aromatic heterocycles. The second kappa shape index (κ2) is 7.73. The molecule has 0 saturated carbocycles. The van der Waals surface area contributed by atoms with Gasteiger partial charge in [0.05, 0.1) is 12.3 Å². The van der Waals surface area contributed by atoms with E-state index in [1.807, 2.05) is 6.20 Å². The van der Waals surface area contributed by atoms with Crippen LogP contribution in [0.2, 0.25) is 0 Å². The Labute approximate surface area is 102 Å². The van der Waals surface area contributed by atoms with Crippen molar-refractivity contribution in [2.75, 3.05) is 26.2 Å². The van der Waals surface area contributed by atoms with Crippen LogP contribution in [-0.4, -0.2) is 42.2 Å². The third kappa shape index (κ3) is 5.40. The molecule has 1 amide bonds. The molecule has 5 heteroatoms. The highest BCUT2D eigenvalue weighted by molar-refractivity contribution is 5.92. The number of carbonyl (C=O) groups excluding carboxylic acids is 1. The first-order valence-corrected chi connectivity index (χ1v) is 6.01. The van der Waals surface area contributed by atoms with Crippen LogP contribution in [0.5, 0.6) is 0 Å². The van der Waals surface area contributed by atoms with Gasteiger partial charge in [0, 0.05) is 19.6 Å². The molecule has 0 aromatic carbocycles. The number of piperidine rings is 1. The van der Waals surface area contributed by atoms with Gasteiger partial charge in [-0.3, -0.25) is 4.79 Å². The molecule has 0 aliphatic carbocycles. The van der Waals surface area contributed by atoms with Crippen LogP contribution in [-0.2, 0) is 4.79 Å². The van der Waals surface area contributed by atoms with Gasteiger partial charge >= 0.3 is 0 Å². The quantitative estimate of drug-likeness (QED) is 0.464. The average molecular weight is 239 g/mol. The molecule has 0 aromatic rings. The van der Waals surface area contributed by atoms with Crippen LogP contribution < -0.4 is 11.1 Å². The summed E-state index contributed by atoms with van der Waals surface area (Å²) in [6, 6.07) is 0. The summed E-state index contributed by atoms with van der Waals surface area (Å²) in [7, 11) is 0. The number of amides is 1. The van der Waals surface area contributed by atoms with Gasteiger partial charge in [-0.25, -0.2) is 0 Å². The van der Waals surface area contributed by atoms with Crippen LogP contribution in [0, 0.1) is 0 Å². The molecule has 5 nitrogen and oxygen atoms in total. The Kier molecular flexibility index (Phi) is 6.17. The maximum Gasteiger partial charge on any atom is 0.267 e. The number of nitrogens with one attached hydrogen (secondary N) is 1. The minimum atomic E-state index is -0.345. The Morgan fingerprint density at radius 1 is 1.35 bits per heavy atom. The minimum absolute atomic E-state index is 0.0807. The summed E-state index contributed by atoms with van der Waals surface area (Å²) < 4.78 is 0. The molecule has 0 bridgehead atoms. The third-order valence-electron chi connectivity index (χ3n) is 2.62. The molecule has 0 atom stereocenters. The van der Waals surface area contributed by atoms with E-state index in [-0.39, 0.29) is 24.8 Å². The van der Waals surface area contributed by atoms with E-state index in [1.165, 1.54) is 19.3 Å². The number of nitrogens with zero attached hydrogens (tertiary/aromatic N) is 1. The number of likely N-dealkylation sites (tertiary alicyclic amines) is 1. The maximum absolute atomic E-state index is 11.3. The molecule has 1 aliphatic rings. The summed E-state index contributed by atoms with van der Waals surface area (Å²) in [5.74, 6) is -0.345. The van der Waals surface area contributed by atoms with Gasteiger partial charge in [0.15, 0.2) is 0 Å². The van der Waals surface area contributed by atoms with Gasteiger partial charge in [-0.05, 0) is 37.6 Å². The second-order valence-corrected chi connectivity index (χ2v) is 4.04. The summed E-state index contributed by atoms with van der Waals surface area (Å²) in [5.41, 5.74) is 5.73.